The first-order valence-electron chi connectivity index (χ1n) is 11.9. The number of aryl methyl sites for hydroxylation is 1. The number of benzene rings is 2. The number of aromatic nitrogens is 2. The second-order valence-electron chi connectivity index (χ2n) is 8.31. The normalized spacial score (nSPS) is 13.7. The van der Waals surface area contributed by atoms with Crippen LogP contribution >= 0.6 is 11.8 Å². The van der Waals surface area contributed by atoms with Crippen LogP contribution < -0.4 is 5.56 Å². The maximum atomic E-state index is 13.3. The maximum Gasteiger partial charge on any atom is 0.409 e. The number of hydrogen-bond acceptors (Lipinski definition) is 6. The molecule has 0 aliphatic carbocycles. The van der Waals surface area contributed by atoms with E-state index in [0.29, 0.717) is 55.4 Å². The molecule has 0 radical (unpaired) electrons. The Morgan fingerprint density at radius 1 is 0.971 bits per heavy atom. The van der Waals surface area contributed by atoms with Gasteiger partial charge in [0.15, 0.2) is 5.16 Å². The van der Waals surface area contributed by atoms with Crippen LogP contribution in [0.5, 0.6) is 0 Å². The van der Waals surface area contributed by atoms with Gasteiger partial charge in [-0.1, -0.05) is 54.2 Å². The molecule has 2 amide bonds. The van der Waals surface area contributed by atoms with Gasteiger partial charge < -0.3 is 14.5 Å². The summed E-state index contributed by atoms with van der Waals surface area (Å²) in [5, 5.41) is 1.14. The smallest absolute Gasteiger partial charge is 0.409 e. The number of carbonyl (C=O) groups is 2. The standard InChI is InChI=1S/C26H30N4O4S/c1-2-34-26(33)29-17-15-28(16-18-29)23(31)19-35-25-27-22-13-7-6-12-21(22)24(32)30(25)14-8-11-20-9-4-3-5-10-20/h3-7,9-10,12-13H,2,8,11,14-19H2,1H3. The first-order valence-corrected chi connectivity index (χ1v) is 12.9. The van der Waals surface area contributed by atoms with Gasteiger partial charge >= 0.3 is 6.09 Å². The fourth-order valence-corrected chi connectivity index (χ4v) is 5.04. The first kappa shape index (κ1) is 24.8. The van der Waals surface area contributed by atoms with Crippen LogP contribution in [0, 0.1) is 0 Å². The summed E-state index contributed by atoms with van der Waals surface area (Å²) in [6, 6.07) is 17.5. The van der Waals surface area contributed by atoms with Gasteiger partial charge in [-0.15, -0.1) is 0 Å². The number of para-hydroxylation sites is 1. The molecule has 3 aromatic rings. The Bertz CT molecular complexity index is 1220. The summed E-state index contributed by atoms with van der Waals surface area (Å²) in [5.74, 6) is 0.153. The van der Waals surface area contributed by atoms with Gasteiger partial charge in [0, 0.05) is 32.7 Å². The van der Waals surface area contributed by atoms with Crippen LogP contribution in [0.25, 0.3) is 10.9 Å². The molecule has 1 aromatic heterocycles. The van der Waals surface area contributed by atoms with Crippen LogP contribution in [0.2, 0.25) is 0 Å². The quantitative estimate of drug-likeness (QED) is 0.352. The van der Waals surface area contributed by atoms with Crippen molar-refractivity contribution in [3.63, 3.8) is 0 Å². The van der Waals surface area contributed by atoms with E-state index in [1.165, 1.54) is 17.3 Å². The van der Waals surface area contributed by atoms with Gasteiger partial charge in [-0.05, 0) is 37.5 Å². The van der Waals surface area contributed by atoms with Gasteiger partial charge in [-0.2, -0.15) is 0 Å². The number of ether oxygens (including phenoxy) is 1. The predicted octanol–water partition coefficient (Wildman–Crippen LogP) is 3.42. The van der Waals surface area contributed by atoms with Gasteiger partial charge in [-0.3, -0.25) is 14.2 Å². The van der Waals surface area contributed by atoms with Crippen molar-refractivity contribution in [1.82, 2.24) is 19.4 Å². The summed E-state index contributed by atoms with van der Waals surface area (Å²) in [6.07, 6.45) is 1.31. The van der Waals surface area contributed by atoms with E-state index >= 15 is 0 Å². The molecule has 1 aliphatic heterocycles. The number of amides is 2. The lowest BCUT2D eigenvalue weighted by Crippen LogP contribution is -2.51. The van der Waals surface area contributed by atoms with Gasteiger partial charge in [0.25, 0.3) is 5.56 Å². The van der Waals surface area contributed by atoms with Crippen LogP contribution in [-0.4, -0.2) is 69.9 Å². The van der Waals surface area contributed by atoms with Crippen molar-refractivity contribution in [2.24, 2.45) is 0 Å². The monoisotopic (exact) mass is 494 g/mol. The summed E-state index contributed by atoms with van der Waals surface area (Å²) >= 11 is 1.29. The van der Waals surface area contributed by atoms with E-state index in [9.17, 15) is 14.4 Å². The summed E-state index contributed by atoms with van der Waals surface area (Å²) in [6.45, 7) is 4.47. The Hall–Kier alpha value is -3.33. The molecular formula is C26H30N4O4S. The number of carbonyl (C=O) groups excluding carboxylic acids is 2. The van der Waals surface area contributed by atoms with E-state index < -0.39 is 0 Å². The van der Waals surface area contributed by atoms with E-state index in [1.54, 1.807) is 27.4 Å². The molecule has 0 N–H and O–H groups in total. The molecule has 0 atom stereocenters. The molecule has 1 aliphatic rings. The average molecular weight is 495 g/mol. The van der Waals surface area contributed by atoms with Gasteiger partial charge in [0.05, 0.1) is 23.3 Å². The molecule has 0 bridgehead atoms. The molecule has 9 heteroatoms. The van der Waals surface area contributed by atoms with Gasteiger partial charge in [0.1, 0.15) is 0 Å². The topological polar surface area (TPSA) is 84.7 Å². The minimum Gasteiger partial charge on any atom is -0.450 e. The average Bonchev–Trinajstić information content (AvgIpc) is 2.89. The third-order valence-electron chi connectivity index (χ3n) is 6.00. The highest BCUT2D eigenvalue weighted by Gasteiger charge is 2.25. The van der Waals surface area contributed by atoms with Crippen molar-refractivity contribution in [3.05, 3.63) is 70.5 Å². The molecule has 184 valence electrons. The van der Waals surface area contributed by atoms with Crippen LogP contribution in [0.4, 0.5) is 4.79 Å². The lowest BCUT2D eigenvalue weighted by molar-refractivity contribution is -0.129. The molecule has 2 aromatic carbocycles. The van der Waals surface area contributed by atoms with Crippen molar-refractivity contribution in [2.45, 2.75) is 31.5 Å². The van der Waals surface area contributed by atoms with Crippen molar-refractivity contribution in [3.8, 4) is 0 Å². The number of piperazine rings is 1. The third kappa shape index (κ3) is 6.22. The van der Waals surface area contributed by atoms with E-state index in [2.05, 4.69) is 12.1 Å². The lowest BCUT2D eigenvalue weighted by atomic mass is 10.1. The molecule has 0 unspecified atom stereocenters. The highest BCUT2D eigenvalue weighted by Crippen LogP contribution is 2.20. The number of fused-ring (bicyclic) bond motifs is 1. The van der Waals surface area contributed by atoms with Crippen LogP contribution in [0.15, 0.2) is 64.5 Å². The molecule has 8 nitrogen and oxygen atoms in total. The summed E-state index contributed by atoms with van der Waals surface area (Å²) < 4.78 is 6.74. The fourth-order valence-electron chi connectivity index (χ4n) is 4.11. The van der Waals surface area contributed by atoms with Crippen molar-refractivity contribution in [1.29, 1.82) is 0 Å². The maximum absolute atomic E-state index is 13.3. The summed E-state index contributed by atoms with van der Waals surface area (Å²) in [5.41, 5.74) is 1.78. The van der Waals surface area contributed by atoms with Gasteiger partial charge in [-0.25, -0.2) is 9.78 Å². The third-order valence-corrected chi connectivity index (χ3v) is 6.96. The molecule has 2 heterocycles. The van der Waals surface area contributed by atoms with Crippen molar-refractivity contribution in [2.75, 3.05) is 38.5 Å². The Labute approximate surface area is 208 Å². The van der Waals surface area contributed by atoms with E-state index in [1.807, 2.05) is 36.4 Å². The first-order chi connectivity index (χ1) is 17.1. The molecule has 1 fully saturated rings. The SMILES string of the molecule is CCOC(=O)N1CCN(C(=O)CSc2nc3ccccc3c(=O)n2CCCc2ccccc2)CC1. The lowest BCUT2D eigenvalue weighted by Gasteiger charge is -2.34. The Balaban J connectivity index is 1.43. The molecule has 1 saturated heterocycles. The zero-order valence-electron chi connectivity index (χ0n) is 19.9. The van der Waals surface area contributed by atoms with Crippen LogP contribution in [-0.2, 0) is 22.5 Å². The summed E-state index contributed by atoms with van der Waals surface area (Å²) in [7, 11) is 0. The van der Waals surface area contributed by atoms with Crippen molar-refractivity contribution < 1.29 is 14.3 Å². The second-order valence-corrected chi connectivity index (χ2v) is 9.26. The van der Waals surface area contributed by atoms with Gasteiger partial charge in [0.2, 0.25) is 5.91 Å². The summed E-state index contributed by atoms with van der Waals surface area (Å²) in [4.78, 5) is 46.1. The van der Waals surface area contributed by atoms with E-state index in [-0.39, 0.29) is 23.3 Å². The number of rotatable bonds is 8. The Morgan fingerprint density at radius 2 is 1.66 bits per heavy atom. The molecule has 0 spiro atoms. The fraction of sp³-hybridized carbons (Fsp3) is 0.385. The van der Waals surface area contributed by atoms with E-state index in [4.69, 9.17) is 9.72 Å². The zero-order valence-corrected chi connectivity index (χ0v) is 20.7. The predicted molar refractivity (Wildman–Crippen MR) is 137 cm³/mol. The van der Waals surface area contributed by atoms with Crippen LogP contribution in [0.3, 0.4) is 0 Å². The Kier molecular flexibility index (Phi) is 8.41. The largest absolute Gasteiger partial charge is 0.450 e. The molecule has 4 rings (SSSR count). The highest BCUT2D eigenvalue weighted by molar-refractivity contribution is 7.99. The molecule has 35 heavy (non-hydrogen) atoms. The Morgan fingerprint density at radius 3 is 2.40 bits per heavy atom. The molecular weight excluding hydrogens is 464 g/mol. The number of thioether (sulfide) groups is 1. The number of nitrogens with zero attached hydrogens (tertiary/aromatic N) is 4. The zero-order chi connectivity index (χ0) is 24.6. The highest BCUT2D eigenvalue weighted by atomic mass is 32.2. The molecule has 0 saturated carbocycles. The minimum absolute atomic E-state index is 0.0308. The minimum atomic E-state index is -0.339. The van der Waals surface area contributed by atoms with Crippen molar-refractivity contribution >= 4 is 34.7 Å². The second kappa shape index (κ2) is 11.9. The number of hydrogen-bond donors (Lipinski definition) is 0. The van der Waals surface area contributed by atoms with E-state index in [0.717, 1.165) is 12.8 Å². The van der Waals surface area contributed by atoms with Crippen LogP contribution in [0.1, 0.15) is 18.9 Å².